The fourth-order valence-corrected chi connectivity index (χ4v) is 9.73. The number of hydrogen-bond donors (Lipinski definition) is 2. The number of aryl methyl sites for hydroxylation is 1. The van der Waals surface area contributed by atoms with Crippen LogP contribution in [0.15, 0.2) is 22.9 Å². The SMILES string of the molecule is Cc1cc(C[C@@H](CC(=O)N2CCC(N3Cc4cscc4NC3=O)CC2)C(=O)N2CCN(C3CC4CC3CN4C)CC2)cc(Cl)c1N. The number of carbonyl (C=O) groups is 3. The number of likely N-dealkylation sites (tertiary alicyclic amines) is 2. The number of nitrogen functional groups attached to an aromatic ring is 1. The third-order valence-electron chi connectivity index (χ3n) is 11.4. The van der Waals surface area contributed by atoms with Gasteiger partial charge in [-0.3, -0.25) is 14.5 Å². The number of amides is 4. The van der Waals surface area contributed by atoms with Gasteiger partial charge in [0, 0.05) is 81.3 Å². The number of urea groups is 1. The largest absolute Gasteiger partial charge is 0.397 e. The van der Waals surface area contributed by atoms with Gasteiger partial charge in [0.05, 0.1) is 28.9 Å². The molecule has 3 saturated heterocycles. The lowest BCUT2D eigenvalue weighted by Gasteiger charge is -2.43. The molecule has 1 saturated carbocycles. The molecule has 7 rings (SSSR count). The van der Waals surface area contributed by atoms with Gasteiger partial charge >= 0.3 is 6.03 Å². The number of nitrogens with zero attached hydrogens (tertiary/aromatic N) is 5. The summed E-state index contributed by atoms with van der Waals surface area (Å²) < 4.78 is 0. The molecular formula is C34H46ClN7O3S. The average molecular weight is 668 g/mol. The summed E-state index contributed by atoms with van der Waals surface area (Å²) in [5, 5.41) is 7.55. The monoisotopic (exact) mass is 667 g/mol. The van der Waals surface area contributed by atoms with Crippen LogP contribution < -0.4 is 11.1 Å². The molecule has 3 N–H and O–H groups in total. The standard InChI is InChI=1S/C34H46ClN7O3S/c1-21-11-22(13-28(35)32(21)36)12-23(33(44)41-9-7-39(8-10-41)30-16-27-14-24(30)17-38(27)2)15-31(43)40-5-3-26(4-6-40)42-18-25-19-46-20-29(25)37-34(42)45/h11,13,19-20,23-24,26-27,30H,3-10,12,14-18,36H2,1-2H3,(H,37,45)/t23-,24?,27?,30?/m0/s1. The molecule has 1 aliphatic carbocycles. The lowest BCUT2D eigenvalue weighted by Crippen LogP contribution is -2.56. The molecule has 12 heteroatoms. The van der Waals surface area contributed by atoms with Gasteiger partial charge in [-0.15, -0.1) is 11.3 Å². The first kappa shape index (κ1) is 31.7. The second kappa shape index (κ2) is 13.0. The highest BCUT2D eigenvalue weighted by Gasteiger charge is 2.46. The molecule has 10 nitrogen and oxygen atoms in total. The van der Waals surface area contributed by atoms with Crippen LogP contribution in [0, 0.1) is 18.8 Å². The number of carbonyl (C=O) groups excluding carboxylic acids is 3. The van der Waals surface area contributed by atoms with Crippen molar-refractivity contribution in [2.45, 2.75) is 70.1 Å². The zero-order chi connectivity index (χ0) is 32.1. The van der Waals surface area contributed by atoms with Crippen molar-refractivity contribution in [3.63, 3.8) is 0 Å². The number of hydrogen-bond acceptors (Lipinski definition) is 7. The van der Waals surface area contributed by atoms with Gasteiger partial charge in [0.25, 0.3) is 0 Å². The topological polar surface area (TPSA) is 105 Å². The van der Waals surface area contributed by atoms with Gasteiger partial charge in [0.1, 0.15) is 0 Å². The molecule has 1 aromatic carbocycles. The van der Waals surface area contributed by atoms with Gasteiger partial charge in [-0.1, -0.05) is 17.7 Å². The Labute approximate surface area is 280 Å². The maximum atomic E-state index is 14.2. The molecule has 2 aromatic rings. The molecule has 0 radical (unpaired) electrons. The van der Waals surface area contributed by atoms with Gasteiger partial charge in [-0.25, -0.2) is 4.79 Å². The number of fused-ring (bicyclic) bond motifs is 3. The van der Waals surface area contributed by atoms with E-state index in [0.717, 1.165) is 54.2 Å². The average Bonchev–Trinajstić information content (AvgIpc) is 3.78. The van der Waals surface area contributed by atoms with E-state index in [1.807, 2.05) is 39.1 Å². The van der Waals surface area contributed by atoms with Gasteiger partial charge in [-0.2, -0.15) is 0 Å². The fraction of sp³-hybridized carbons (Fsp3) is 0.618. The van der Waals surface area contributed by atoms with Crippen LogP contribution in [-0.4, -0.2) is 113 Å². The molecule has 4 atom stereocenters. The van der Waals surface area contributed by atoms with Gasteiger partial charge in [-0.05, 0) is 74.6 Å². The minimum absolute atomic E-state index is 0.00279. The summed E-state index contributed by atoms with van der Waals surface area (Å²) in [6.45, 7) is 8.04. The van der Waals surface area contributed by atoms with Crippen molar-refractivity contribution in [3.05, 3.63) is 44.6 Å². The Hall–Kier alpha value is -2.86. The first-order valence-electron chi connectivity index (χ1n) is 16.8. The molecular weight excluding hydrogens is 622 g/mol. The van der Waals surface area contributed by atoms with E-state index in [0.29, 0.717) is 61.9 Å². The number of nitrogens with two attached hydrogens (primary N) is 1. The van der Waals surface area contributed by atoms with Gasteiger partial charge < -0.3 is 30.7 Å². The van der Waals surface area contributed by atoms with Crippen LogP contribution in [0.4, 0.5) is 16.2 Å². The van der Waals surface area contributed by atoms with Crippen molar-refractivity contribution in [2.75, 3.05) is 63.9 Å². The van der Waals surface area contributed by atoms with E-state index in [1.165, 1.54) is 19.4 Å². The summed E-state index contributed by atoms with van der Waals surface area (Å²) in [7, 11) is 2.24. The van der Waals surface area contributed by atoms with Crippen molar-refractivity contribution in [1.82, 2.24) is 24.5 Å². The second-order valence-corrected chi connectivity index (χ2v) is 15.3. The van der Waals surface area contributed by atoms with E-state index in [4.69, 9.17) is 17.3 Å². The van der Waals surface area contributed by atoms with Crippen LogP contribution in [0.5, 0.6) is 0 Å². The van der Waals surface area contributed by atoms with Gasteiger partial charge in [0.2, 0.25) is 11.8 Å². The van der Waals surface area contributed by atoms with Crippen molar-refractivity contribution in [2.24, 2.45) is 11.8 Å². The third kappa shape index (κ3) is 6.23. The maximum Gasteiger partial charge on any atom is 0.322 e. The van der Waals surface area contributed by atoms with Crippen molar-refractivity contribution < 1.29 is 14.4 Å². The quantitative estimate of drug-likeness (QED) is 0.431. The van der Waals surface area contributed by atoms with Crippen molar-refractivity contribution in [1.29, 1.82) is 0 Å². The Morgan fingerprint density at radius 2 is 1.80 bits per heavy atom. The number of benzene rings is 1. The molecule has 5 heterocycles. The summed E-state index contributed by atoms with van der Waals surface area (Å²) in [6.07, 6.45) is 4.59. The van der Waals surface area contributed by atoms with E-state index in [2.05, 4.69) is 27.5 Å². The van der Waals surface area contributed by atoms with Crippen LogP contribution in [0.2, 0.25) is 5.02 Å². The fourth-order valence-electron chi connectivity index (χ4n) is 8.66. The molecule has 2 bridgehead atoms. The molecule has 1 aromatic heterocycles. The summed E-state index contributed by atoms with van der Waals surface area (Å²) >= 11 is 8.04. The minimum Gasteiger partial charge on any atom is -0.397 e. The first-order valence-corrected chi connectivity index (χ1v) is 18.1. The number of nitrogens with one attached hydrogen (secondary N) is 1. The van der Waals surface area contributed by atoms with Crippen LogP contribution in [0.3, 0.4) is 0 Å². The second-order valence-electron chi connectivity index (χ2n) is 14.1. The molecule has 0 spiro atoms. The lowest BCUT2D eigenvalue weighted by molar-refractivity contribution is -0.143. The normalized spacial score (nSPS) is 26.4. The third-order valence-corrected chi connectivity index (χ3v) is 12.5. The number of thiophene rings is 1. The van der Waals surface area contributed by atoms with Crippen molar-refractivity contribution in [3.8, 4) is 0 Å². The number of piperazine rings is 1. The maximum absolute atomic E-state index is 14.2. The predicted octanol–water partition coefficient (Wildman–Crippen LogP) is 4.12. The highest BCUT2D eigenvalue weighted by Crippen LogP contribution is 2.40. The number of anilines is 2. The van der Waals surface area contributed by atoms with E-state index >= 15 is 0 Å². The molecule has 5 aliphatic rings. The van der Waals surface area contributed by atoms with Crippen LogP contribution in [0.1, 0.15) is 48.8 Å². The summed E-state index contributed by atoms with van der Waals surface area (Å²) in [6, 6.07) is 5.18. The molecule has 4 aliphatic heterocycles. The van der Waals surface area contributed by atoms with Crippen LogP contribution >= 0.6 is 22.9 Å². The minimum atomic E-state index is -0.475. The molecule has 3 unspecified atom stereocenters. The summed E-state index contributed by atoms with van der Waals surface area (Å²) in [5.74, 6) is 0.320. The zero-order valence-corrected chi connectivity index (χ0v) is 28.5. The Balaban J connectivity index is 0.990. The van der Waals surface area contributed by atoms with Crippen LogP contribution in [0.25, 0.3) is 0 Å². The highest BCUT2D eigenvalue weighted by molar-refractivity contribution is 7.08. The Morgan fingerprint density at radius 3 is 2.48 bits per heavy atom. The number of halogens is 1. The van der Waals surface area contributed by atoms with E-state index < -0.39 is 5.92 Å². The van der Waals surface area contributed by atoms with Crippen LogP contribution in [-0.2, 0) is 22.6 Å². The lowest BCUT2D eigenvalue weighted by atomic mass is 9.92. The van der Waals surface area contributed by atoms with Crippen molar-refractivity contribution >= 4 is 52.2 Å². The Morgan fingerprint density at radius 1 is 1.04 bits per heavy atom. The molecule has 4 fully saturated rings. The predicted molar refractivity (Wildman–Crippen MR) is 182 cm³/mol. The molecule has 46 heavy (non-hydrogen) atoms. The van der Waals surface area contributed by atoms with E-state index in [9.17, 15) is 14.4 Å². The first-order chi connectivity index (χ1) is 22.1. The van der Waals surface area contributed by atoms with E-state index in [-0.39, 0.29) is 30.3 Å². The van der Waals surface area contributed by atoms with Gasteiger partial charge in [0.15, 0.2) is 0 Å². The molecule has 4 amide bonds. The summed E-state index contributed by atoms with van der Waals surface area (Å²) in [5.41, 5.74) is 10.5. The number of rotatable bonds is 7. The zero-order valence-electron chi connectivity index (χ0n) is 26.9. The van der Waals surface area contributed by atoms with E-state index in [1.54, 1.807) is 11.3 Å². The molecule has 248 valence electrons. The Kier molecular flexibility index (Phi) is 8.95. The summed E-state index contributed by atoms with van der Waals surface area (Å²) in [4.78, 5) is 51.6. The number of piperidine rings is 2. The Bertz CT molecular complexity index is 1460. The highest BCUT2D eigenvalue weighted by atomic mass is 35.5. The smallest absolute Gasteiger partial charge is 0.322 e.